The van der Waals surface area contributed by atoms with E-state index in [2.05, 4.69) is 6.58 Å². The molecule has 1 aromatic carbocycles. The molecule has 1 amide bonds. The molecule has 5 heteroatoms. The van der Waals surface area contributed by atoms with Gasteiger partial charge in [0.2, 0.25) is 5.91 Å². The van der Waals surface area contributed by atoms with Crippen LogP contribution in [-0.4, -0.2) is 25.2 Å². The highest BCUT2D eigenvalue weighted by atomic mass is 32.1. The molecule has 1 unspecified atom stereocenters. The van der Waals surface area contributed by atoms with Crippen LogP contribution in [0.3, 0.4) is 0 Å². The number of carbonyl (C=O) groups excluding carboxylic acids is 1. The van der Waals surface area contributed by atoms with Crippen molar-refractivity contribution in [2.24, 2.45) is 0 Å². The largest absolute Gasteiger partial charge is 0.490 e. The van der Waals surface area contributed by atoms with Gasteiger partial charge in [0.05, 0.1) is 12.3 Å². The third kappa shape index (κ3) is 3.81. The Balaban J connectivity index is 1.89. The number of hydrogen-bond acceptors (Lipinski definition) is 4. The molecule has 3 rings (SSSR count). The Kier molecular flexibility index (Phi) is 4.79. The standard InChI is InChI=1S/C18H19NO3S/c1-3-5-14-10-15(7-8-17(14)22-12-16-11-21-16)19(13(2)20)18-6-4-9-23-18/h3-4,6-10,16H,1,5,11-12H2,2H3. The molecule has 0 radical (unpaired) electrons. The molecule has 120 valence electrons. The molecule has 4 nitrogen and oxygen atoms in total. The molecule has 0 spiro atoms. The van der Waals surface area contributed by atoms with Crippen LogP contribution in [-0.2, 0) is 16.0 Å². The summed E-state index contributed by atoms with van der Waals surface area (Å²) in [7, 11) is 0. The molecule has 1 atom stereocenters. The second-order valence-electron chi connectivity index (χ2n) is 5.36. The number of ether oxygens (including phenoxy) is 2. The maximum atomic E-state index is 12.1. The first-order valence-electron chi connectivity index (χ1n) is 7.51. The first kappa shape index (κ1) is 15.8. The third-order valence-corrected chi connectivity index (χ3v) is 4.39. The second kappa shape index (κ2) is 6.98. The zero-order valence-corrected chi connectivity index (χ0v) is 13.8. The van der Waals surface area contributed by atoms with Crippen molar-refractivity contribution in [1.29, 1.82) is 0 Å². The van der Waals surface area contributed by atoms with Gasteiger partial charge in [-0.25, -0.2) is 0 Å². The summed E-state index contributed by atoms with van der Waals surface area (Å²) < 4.78 is 11.0. The average Bonchev–Trinajstić information content (AvgIpc) is 3.21. The number of epoxide rings is 1. The lowest BCUT2D eigenvalue weighted by Gasteiger charge is -2.21. The number of carbonyl (C=O) groups is 1. The van der Waals surface area contributed by atoms with Gasteiger partial charge < -0.3 is 9.47 Å². The van der Waals surface area contributed by atoms with Crippen LogP contribution in [0.15, 0.2) is 48.4 Å². The molecule has 1 fully saturated rings. The van der Waals surface area contributed by atoms with Crippen molar-refractivity contribution in [3.05, 3.63) is 53.9 Å². The minimum Gasteiger partial charge on any atom is -0.490 e. The normalized spacial score (nSPS) is 16.0. The predicted molar refractivity (Wildman–Crippen MR) is 92.7 cm³/mol. The molecule has 23 heavy (non-hydrogen) atoms. The van der Waals surface area contributed by atoms with E-state index >= 15 is 0 Å². The van der Waals surface area contributed by atoms with Gasteiger partial charge in [0.1, 0.15) is 23.5 Å². The summed E-state index contributed by atoms with van der Waals surface area (Å²) in [6, 6.07) is 9.70. The maximum absolute atomic E-state index is 12.1. The molecule has 1 aromatic heterocycles. The van der Waals surface area contributed by atoms with Gasteiger partial charge in [-0.05, 0) is 47.7 Å². The van der Waals surface area contributed by atoms with Crippen molar-refractivity contribution in [2.75, 3.05) is 18.1 Å². The summed E-state index contributed by atoms with van der Waals surface area (Å²) in [4.78, 5) is 13.8. The number of amides is 1. The lowest BCUT2D eigenvalue weighted by atomic mass is 10.1. The van der Waals surface area contributed by atoms with Gasteiger partial charge in [0.15, 0.2) is 0 Å². The summed E-state index contributed by atoms with van der Waals surface area (Å²) in [5.41, 5.74) is 1.85. The Morgan fingerprint density at radius 2 is 2.35 bits per heavy atom. The lowest BCUT2D eigenvalue weighted by molar-refractivity contribution is -0.115. The summed E-state index contributed by atoms with van der Waals surface area (Å²) in [6.45, 7) is 6.71. The van der Waals surface area contributed by atoms with Crippen molar-refractivity contribution in [2.45, 2.75) is 19.4 Å². The fourth-order valence-corrected chi connectivity index (χ4v) is 3.16. The molecule has 0 aliphatic carbocycles. The van der Waals surface area contributed by atoms with Gasteiger partial charge in [-0.1, -0.05) is 6.08 Å². The molecule has 1 saturated heterocycles. The molecule has 0 N–H and O–H groups in total. The molecular weight excluding hydrogens is 310 g/mol. The number of anilines is 2. The van der Waals surface area contributed by atoms with Gasteiger partial charge in [0.25, 0.3) is 0 Å². The SMILES string of the molecule is C=CCc1cc(N(C(C)=O)c2cccs2)ccc1OCC1CO1. The minimum absolute atomic E-state index is 0.0166. The van der Waals surface area contributed by atoms with E-state index in [1.807, 2.05) is 41.8 Å². The van der Waals surface area contributed by atoms with E-state index in [1.54, 1.807) is 11.8 Å². The number of hydrogen-bond donors (Lipinski definition) is 0. The van der Waals surface area contributed by atoms with Crippen molar-refractivity contribution in [1.82, 2.24) is 0 Å². The molecule has 2 aromatic rings. The quantitative estimate of drug-likeness (QED) is 0.571. The van der Waals surface area contributed by atoms with Crippen LogP contribution in [0, 0.1) is 0 Å². The van der Waals surface area contributed by atoms with E-state index in [1.165, 1.54) is 11.3 Å². The van der Waals surface area contributed by atoms with Crippen LogP contribution in [0.25, 0.3) is 0 Å². The topological polar surface area (TPSA) is 42.1 Å². The van der Waals surface area contributed by atoms with Crippen LogP contribution in [0.4, 0.5) is 10.7 Å². The molecule has 2 heterocycles. The fraction of sp³-hybridized carbons (Fsp3) is 0.278. The molecule has 0 saturated carbocycles. The summed E-state index contributed by atoms with van der Waals surface area (Å²) >= 11 is 1.54. The predicted octanol–water partition coefficient (Wildman–Crippen LogP) is 3.94. The van der Waals surface area contributed by atoms with E-state index < -0.39 is 0 Å². The van der Waals surface area contributed by atoms with Gasteiger partial charge in [0, 0.05) is 6.92 Å². The van der Waals surface area contributed by atoms with Crippen LogP contribution >= 0.6 is 11.3 Å². The monoisotopic (exact) mass is 329 g/mol. The van der Waals surface area contributed by atoms with Gasteiger partial charge in [-0.2, -0.15) is 0 Å². The zero-order valence-electron chi connectivity index (χ0n) is 13.0. The van der Waals surface area contributed by atoms with Crippen molar-refractivity contribution < 1.29 is 14.3 Å². The van der Waals surface area contributed by atoms with Crippen LogP contribution in [0.1, 0.15) is 12.5 Å². The van der Waals surface area contributed by atoms with Gasteiger partial charge in [-0.15, -0.1) is 17.9 Å². The van der Waals surface area contributed by atoms with Crippen molar-refractivity contribution in [3.63, 3.8) is 0 Å². The fourth-order valence-electron chi connectivity index (χ4n) is 2.37. The Morgan fingerprint density at radius 1 is 1.52 bits per heavy atom. The van der Waals surface area contributed by atoms with Crippen molar-refractivity contribution >= 4 is 27.9 Å². The maximum Gasteiger partial charge on any atom is 0.229 e. The number of allylic oxidation sites excluding steroid dienone is 1. The second-order valence-corrected chi connectivity index (χ2v) is 6.28. The first-order chi connectivity index (χ1) is 11.2. The Morgan fingerprint density at radius 3 is 2.96 bits per heavy atom. The first-order valence-corrected chi connectivity index (χ1v) is 8.39. The summed E-state index contributed by atoms with van der Waals surface area (Å²) in [5, 5.41) is 2.87. The number of nitrogens with zero attached hydrogens (tertiary/aromatic N) is 1. The third-order valence-electron chi connectivity index (χ3n) is 3.54. The molecule has 1 aliphatic rings. The van der Waals surface area contributed by atoms with E-state index in [9.17, 15) is 4.79 Å². The van der Waals surface area contributed by atoms with Gasteiger partial charge >= 0.3 is 0 Å². The highest BCUT2D eigenvalue weighted by Crippen LogP contribution is 2.33. The summed E-state index contributed by atoms with van der Waals surface area (Å²) in [6.07, 6.45) is 2.74. The van der Waals surface area contributed by atoms with Crippen LogP contribution < -0.4 is 9.64 Å². The molecule has 1 aliphatic heterocycles. The Labute approximate surface area is 140 Å². The number of thiophene rings is 1. The minimum atomic E-state index is -0.0166. The lowest BCUT2D eigenvalue weighted by Crippen LogP contribution is -2.21. The van der Waals surface area contributed by atoms with E-state index in [4.69, 9.17) is 9.47 Å². The van der Waals surface area contributed by atoms with E-state index in [-0.39, 0.29) is 12.0 Å². The highest BCUT2D eigenvalue weighted by Gasteiger charge is 2.24. The smallest absolute Gasteiger partial charge is 0.229 e. The van der Waals surface area contributed by atoms with Crippen LogP contribution in [0.2, 0.25) is 0 Å². The molecular formula is C18H19NO3S. The van der Waals surface area contributed by atoms with Gasteiger partial charge in [-0.3, -0.25) is 9.69 Å². The Hall–Kier alpha value is -2.11. The number of benzene rings is 1. The average molecular weight is 329 g/mol. The number of rotatable bonds is 7. The molecule has 0 bridgehead atoms. The Bertz CT molecular complexity index is 692. The highest BCUT2D eigenvalue weighted by molar-refractivity contribution is 7.14. The van der Waals surface area contributed by atoms with E-state index in [0.29, 0.717) is 13.0 Å². The summed E-state index contributed by atoms with van der Waals surface area (Å²) in [5.74, 6) is 0.802. The zero-order chi connectivity index (χ0) is 16.2. The van der Waals surface area contributed by atoms with E-state index in [0.717, 1.165) is 28.6 Å². The van der Waals surface area contributed by atoms with Crippen molar-refractivity contribution in [3.8, 4) is 5.75 Å². The van der Waals surface area contributed by atoms with Crippen LogP contribution in [0.5, 0.6) is 5.75 Å².